The number of aromatic nitrogens is 1. The molecule has 1 aromatic carbocycles. The van der Waals surface area contributed by atoms with E-state index in [1.807, 2.05) is 12.1 Å². The average molecular weight is 276 g/mol. The maximum atomic E-state index is 3.46. The number of alkyl halides is 1. The van der Waals surface area contributed by atoms with Crippen molar-refractivity contribution in [2.45, 2.75) is 11.9 Å². The Labute approximate surface area is 105 Å². The molecule has 16 heavy (non-hydrogen) atoms. The first-order valence-electron chi connectivity index (χ1n) is 5.31. The van der Waals surface area contributed by atoms with Crippen molar-refractivity contribution in [1.29, 1.82) is 0 Å². The van der Waals surface area contributed by atoms with Gasteiger partial charge in [0.2, 0.25) is 0 Å². The first-order chi connectivity index (χ1) is 7.88. The fourth-order valence-corrected chi connectivity index (χ4v) is 1.93. The summed E-state index contributed by atoms with van der Waals surface area (Å²) in [5, 5.41) is 0.909. The van der Waals surface area contributed by atoms with E-state index in [0.29, 0.717) is 0 Å². The monoisotopic (exact) mass is 275 g/mol. The molecule has 0 saturated heterocycles. The Morgan fingerprint density at radius 3 is 2.69 bits per heavy atom. The van der Waals surface area contributed by atoms with Gasteiger partial charge in [-0.2, -0.15) is 0 Å². The molecule has 0 aliphatic carbocycles. The van der Waals surface area contributed by atoms with E-state index in [9.17, 15) is 0 Å². The number of nitrogens with zero attached hydrogens (tertiary/aromatic N) is 1. The van der Waals surface area contributed by atoms with Gasteiger partial charge in [-0.1, -0.05) is 52.3 Å². The summed E-state index contributed by atoms with van der Waals surface area (Å²) < 4.78 is 2.14. The van der Waals surface area contributed by atoms with E-state index in [1.165, 1.54) is 11.1 Å². The normalized spacial score (nSPS) is 11.1. The van der Waals surface area contributed by atoms with Crippen LogP contribution >= 0.6 is 15.9 Å². The summed E-state index contributed by atoms with van der Waals surface area (Å²) in [7, 11) is 0. The van der Waals surface area contributed by atoms with Crippen molar-refractivity contribution in [3.8, 4) is 0 Å². The number of hydrogen-bond acceptors (Lipinski definition) is 0. The maximum absolute atomic E-state index is 3.46. The fraction of sp³-hybridized carbons (Fsp3) is 0.143. The molecule has 0 aliphatic rings. The van der Waals surface area contributed by atoms with Crippen molar-refractivity contribution in [2.24, 2.45) is 0 Å². The van der Waals surface area contributed by atoms with Crippen LogP contribution in [-0.2, 0) is 11.9 Å². The van der Waals surface area contributed by atoms with Crippen molar-refractivity contribution in [1.82, 2.24) is 4.57 Å². The van der Waals surface area contributed by atoms with Gasteiger partial charge in [-0.3, -0.25) is 0 Å². The molecule has 0 N–H and O–H groups in total. The van der Waals surface area contributed by atoms with Gasteiger partial charge in [-0.15, -0.1) is 0 Å². The van der Waals surface area contributed by atoms with Crippen LogP contribution in [0.3, 0.4) is 0 Å². The molecule has 82 valence electrons. The Bertz CT molecular complexity index is 457. The second-order valence-electron chi connectivity index (χ2n) is 3.66. The molecule has 2 rings (SSSR count). The number of hydrogen-bond donors (Lipinski definition) is 0. The zero-order valence-electron chi connectivity index (χ0n) is 9.01. The number of allylic oxidation sites excluding steroid dienone is 1. The molecule has 1 aromatic heterocycles. The molecular formula is C14H14BrN. The molecule has 0 spiro atoms. The van der Waals surface area contributed by atoms with Crippen molar-refractivity contribution >= 4 is 22.0 Å². The second-order valence-corrected chi connectivity index (χ2v) is 4.22. The molecule has 0 unspecified atom stereocenters. The fourth-order valence-electron chi connectivity index (χ4n) is 1.58. The third-order valence-corrected chi connectivity index (χ3v) is 3.05. The SMILES string of the molecule is BrCc1cccc(/C=C/Cn2cccc2)c1. The molecule has 0 atom stereocenters. The largest absolute Gasteiger partial charge is 0.350 e. The van der Waals surface area contributed by atoms with E-state index in [4.69, 9.17) is 0 Å². The third kappa shape index (κ3) is 3.11. The lowest BCUT2D eigenvalue weighted by atomic mass is 10.1. The lowest BCUT2D eigenvalue weighted by Crippen LogP contribution is -1.88. The number of benzene rings is 1. The topological polar surface area (TPSA) is 4.93 Å². The number of rotatable bonds is 4. The van der Waals surface area contributed by atoms with Crippen molar-refractivity contribution in [3.05, 3.63) is 66.0 Å². The Morgan fingerprint density at radius 2 is 1.94 bits per heavy atom. The Balaban J connectivity index is 2.00. The highest BCUT2D eigenvalue weighted by Gasteiger charge is 1.90. The molecule has 1 heterocycles. The standard InChI is InChI=1S/C14H14BrN/c15-12-14-6-3-5-13(11-14)7-4-10-16-8-1-2-9-16/h1-9,11H,10,12H2/b7-4+. The molecule has 0 radical (unpaired) electrons. The number of halogens is 1. The smallest absolute Gasteiger partial charge is 0.0403 e. The van der Waals surface area contributed by atoms with Gasteiger partial charge >= 0.3 is 0 Å². The quantitative estimate of drug-likeness (QED) is 0.741. The van der Waals surface area contributed by atoms with Crippen LogP contribution in [-0.4, -0.2) is 4.57 Å². The summed E-state index contributed by atoms with van der Waals surface area (Å²) in [5.74, 6) is 0. The summed E-state index contributed by atoms with van der Waals surface area (Å²) in [6.07, 6.45) is 8.47. The van der Waals surface area contributed by atoms with Crippen LogP contribution in [0.1, 0.15) is 11.1 Å². The van der Waals surface area contributed by atoms with Crippen LogP contribution in [0, 0.1) is 0 Å². The Morgan fingerprint density at radius 1 is 1.12 bits per heavy atom. The van der Waals surface area contributed by atoms with Gasteiger partial charge in [-0.25, -0.2) is 0 Å². The van der Waals surface area contributed by atoms with Crippen LogP contribution < -0.4 is 0 Å². The van der Waals surface area contributed by atoms with E-state index in [-0.39, 0.29) is 0 Å². The van der Waals surface area contributed by atoms with Gasteiger partial charge < -0.3 is 4.57 Å². The first-order valence-corrected chi connectivity index (χ1v) is 6.43. The molecule has 1 nitrogen and oxygen atoms in total. The third-order valence-electron chi connectivity index (χ3n) is 2.40. The molecule has 0 fully saturated rings. The zero-order valence-corrected chi connectivity index (χ0v) is 10.6. The van der Waals surface area contributed by atoms with Gasteiger partial charge in [0.25, 0.3) is 0 Å². The average Bonchev–Trinajstić information content (AvgIpc) is 2.82. The van der Waals surface area contributed by atoms with Crippen LogP contribution in [0.4, 0.5) is 0 Å². The van der Waals surface area contributed by atoms with Crippen molar-refractivity contribution in [3.63, 3.8) is 0 Å². The van der Waals surface area contributed by atoms with Gasteiger partial charge in [0.05, 0.1) is 0 Å². The van der Waals surface area contributed by atoms with E-state index < -0.39 is 0 Å². The molecular weight excluding hydrogens is 262 g/mol. The predicted molar refractivity (Wildman–Crippen MR) is 72.5 cm³/mol. The minimum atomic E-state index is 0.909. The Hall–Kier alpha value is -1.28. The molecule has 0 aliphatic heterocycles. The Kier molecular flexibility index (Phi) is 4.00. The van der Waals surface area contributed by atoms with E-state index in [2.05, 4.69) is 69.3 Å². The highest BCUT2D eigenvalue weighted by molar-refractivity contribution is 9.08. The lowest BCUT2D eigenvalue weighted by Gasteiger charge is -1.98. The van der Waals surface area contributed by atoms with Crippen molar-refractivity contribution < 1.29 is 0 Å². The van der Waals surface area contributed by atoms with Gasteiger partial charge in [0.15, 0.2) is 0 Å². The highest BCUT2D eigenvalue weighted by atomic mass is 79.9. The molecule has 2 heteroatoms. The van der Waals surface area contributed by atoms with Crippen LogP contribution in [0.15, 0.2) is 54.9 Å². The zero-order chi connectivity index (χ0) is 11.2. The molecule has 0 amide bonds. The molecule has 0 saturated carbocycles. The summed E-state index contributed by atoms with van der Waals surface area (Å²) in [6, 6.07) is 12.6. The highest BCUT2D eigenvalue weighted by Crippen LogP contribution is 2.10. The molecule has 0 bridgehead atoms. The summed E-state index contributed by atoms with van der Waals surface area (Å²) >= 11 is 3.46. The maximum Gasteiger partial charge on any atom is 0.0403 e. The van der Waals surface area contributed by atoms with E-state index in [0.717, 1.165) is 11.9 Å². The van der Waals surface area contributed by atoms with Crippen molar-refractivity contribution in [2.75, 3.05) is 0 Å². The first kappa shape index (κ1) is 11.2. The second kappa shape index (κ2) is 5.71. The van der Waals surface area contributed by atoms with Crippen LogP contribution in [0.25, 0.3) is 6.08 Å². The summed E-state index contributed by atoms with van der Waals surface area (Å²) in [6.45, 7) is 0.922. The van der Waals surface area contributed by atoms with Crippen LogP contribution in [0.2, 0.25) is 0 Å². The minimum absolute atomic E-state index is 0.909. The summed E-state index contributed by atoms with van der Waals surface area (Å²) in [4.78, 5) is 0. The van der Waals surface area contributed by atoms with Crippen LogP contribution in [0.5, 0.6) is 0 Å². The van der Waals surface area contributed by atoms with E-state index in [1.54, 1.807) is 0 Å². The van der Waals surface area contributed by atoms with E-state index >= 15 is 0 Å². The van der Waals surface area contributed by atoms with Gasteiger partial charge in [-0.05, 0) is 23.3 Å². The van der Waals surface area contributed by atoms with Gasteiger partial charge in [0.1, 0.15) is 0 Å². The predicted octanol–water partition coefficient (Wildman–Crippen LogP) is 4.10. The summed E-state index contributed by atoms with van der Waals surface area (Å²) in [5.41, 5.74) is 2.56. The lowest BCUT2D eigenvalue weighted by molar-refractivity contribution is 0.833. The molecule has 2 aromatic rings. The minimum Gasteiger partial charge on any atom is -0.350 e. The van der Waals surface area contributed by atoms with Gasteiger partial charge in [0, 0.05) is 24.3 Å².